The molecule has 6 heteroatoms. The number of nitriles is 2. The smallest absolute Gasteiger partial charge is 0.334 e. The molecular weight excluding hydrogens is 267 g/mol. The second-order valence-electron chi connectivity index (χ2n) is 4.43. The van der Waals surface area contributed by atoms with E-state index in [0.29, 0.717) is 22.6 Å². The number of aliphatic hydroxyl groups is 1. The minimum atomic E-state index is -0.987. The average molecular weight is 275 g/mol. The summed E-state index contributed by atoms with van der Waals surface area (Å²) in [6, 6.07) is 13.7. The van der Waals surface area contributed by atoms with Crippen LogP contribution >= 0.6 is 0 Å². The van der Waals surface area contributed by atoms with Crippen LogP contribution in [0.5, 0.6) is 11.5 Å². The van der Waals surface area contributed by atoms with Gasteiger partial charge in [-0.1, -0.05) is 6.07 Å². The van der Waals surface area contributed by atoms with Gasteiger partial charge in [0.25, 0.3) is 0 Å². The minimum Gasteiger partial charge on any atom is -0.457 e. The van der Waals surface area contributed by atoms with Gasteiger partial charge in [0.2, 0.25) is 0 Å². The van der Waals surface area contributed by atoms with Gasteiger partial charge in [0.15, 0.2) is 6.29 Å². The number of aliphatic hydroxyl groups excluding tert-OH is 1. The van der Waals surface area contributed by atoms with Crippen molar-refractivity contribution >= 4 is 12.9 Å². The van der Waals surface area contributed by atoms with E-state index in [0.717, 1.165) is 5.46 Å². The molecule has 5 nitrogen and oxygen atoms in total. The van der Waals surface area contributed by atoms with Crippen LogP contribution in [0, 0.1) is 22.7 Å². The van der Waals surface area contributed by atoms with Crippen LogP contribution in [0.2, 0.25) is 0 Å². The maximum absolute atomic E-state index is 9.63. The Morgan fingerprint density at radius 2 is 1.76 bits per heavy atom. The van der Waals surface area contributed by atoms with Crippen molar-refractivity contribution in [1.82, 2.24) is 0 Å². The molecule has 2 aromatic carbocycles. The van der Waals surface area contributed by atoms with Gasteiger partial charge in [-0.05, 0) is 35.8 Å². The van der Waals surface area contributed by atoms with Gasteiger partial charge in [-0.25, -0.2) is 0 Å². The van der Waals surface area contributed by atoms with Crippen molar-refractivity contribution in [2.45, 2.75) is 6.29 Å². The molecular formula is C15H8BN2O3. The molecule has 1 aliphatic rings. The quantitative estimate of drug-likeness (QED) is 0.839. The number of ether oxygens (including phenoxy) is 1. The second-order valence-corrected chi connectivity index (χ2v) is 4.43. The van der Waals surface area contributed by atoms with Crippen molar-refractivity contribution in [3.63, 3.8) is 0 Å². The third-order valence-corrected chi connectivity index (χ3v) is 3.12. The maximum atomic E-state index is 9.63. The first-order chi connectivity index (χ1) is 10.2. The summed E-state index contributed by atoms with van der Waals surface area (Å²) >= 11 is 0. The van der Waals surface area contributed by atoms with Gasteiger partial charge in [0, 0.05) is 5.56 Å². The molecule has 3 rings (SSSR count). The van der Waals surface area contributed by atoms with E-state index in [1.807, 2.05) is 12.1 Å². The molecule has 99 valence electrons. The van der Waals surface area contributed by atoms with Crippen LogP contribution in [-0.2, 0) is 4.65 Å². The zero-order valence-corrected chi connectivity index (χ0v) is 10.8. The average Bonchev–Trinajstić information content (AvgIpc) is 2.88. The molecule has 0 spiro atoms. The molecule has 0 fully saturated rings. The topological polar surface area (TPSA) is 86.3 Å². The Balaban J connectivity index is 1.90. The van der Waals surface area contributed by atoms with E-state index < -0.39 is 6.29 Å². The molecule has 1 aliphatic heterocycles. The van der Waals surface area contributed by atoms with Crippen molar-refractivity contribution in [3.8, 4) is 23.6 Å². The summed E-state index contributed by atoms with van der Waals surface area (Å²) in [6.07, 6.45) is -0.987. The van der Waals surface area contributed by atoms with E-state index >= 15 is 0 Å². The fraction of sp³-hybridized carbons (Fsp3) is 0.0667. The van der Waals surface area contributed by atoms with E-state index in [1.165, 1.54) is 19.6 Å². The van der Waals surface area contributed by atoms with Crippen molar-refractivity contribution in [1.29, 1.82) is 10.5 Å². The highest BCUT2D eigenvalue weighted by molar-refractivity contribution is 6.49. The molecule has 0 amide bonds. The van der Waals surface area contributed by atoms with Gasteiger partial charge < -0.3 is 14.5 Å². The molecule has 0 aliphatic carbocycles. The standard InChI is InChI=1S/C15H8BN2O3/c17-7-9-1-2-11(5-10(9)8-18)20-12-3-4-14-13(6-12)15(19)21-16-14/h1-6,15,19H. The minimum absolute atomic E-state index is 0.257. The summed E-state index contributed by atoms with van der Waals surface area (Å²) < 4.78 is 10.6. The van der Waals surface area contributed by atoms with Crippen molar-refractivity contribution in [3.05, 3.63) is 53.1 Å². The third-order valence-electron chi connectivity index (χ3n) is 3.12. The van der Waals surface area contributed by atoms with Crippen LogP contribution in [0.4, 0.5) is 0 Å². The van der Waals surface area contributed by atoms with Gasteiger partial charge >= 0.3 is 7.48 Å². The summed E-state index contributed by atoms with van der Waals surface area (Å²) in [5.41, 5.74) is 1.99. The number of rotatable bonds is 2. The molecule has 1 unspecified atom stereocenters. The first kappa shape index (κ1) is 13.2. The van der Waals surface area contributed by atoms with Gasteiger partial charge in [-0.2, -0.15) is 10.5 Å². The summed E-state index contributed by atoms with van der Waals surface area (Å²) in [5, 5.41) is 27.5. The van der Waals surface area contributed by atoms with Crippen LogP contribution in [0.3, 0.4) is 0 Å². The van der Waals surface area contributed by atoms with Crippen LogP contribution in [-0.4, -0.2) is 12.6 Å². The zero-order valence-electron chi connectivity index (χ0n) is 10.8. The lowest BCUT2D eigenvalue weighted by Crippen LogP contribution is -2.10. The normalized spacial score (nSPS) is 15.5. The number of benzene rings is 2. The second kappa shape index (κ2) is 5.30. The Labute approximate surface area is 121 Å². The Morgan fingerprint density at radius 3 is 2.52 bits per heavy atom. The molecule has 1 heterocycles. The molecule has 2 aromatic rings. The van der Waals surface area contributed by atoms with Crippen molar-refractivity contribution in [2.24, 2.45) is 0 Å². The predicted octanol–water partition coefficient (Wildman–Crippen LogP) is 1.49. The molecule has 21 heavy (non-hydrogen) atoms. The van der Waals surface area contributed by atoms with Gasteiger partial charge in [-0.3, -0.25) is 0 Å². The highest BCUT2D eigenvalue weighted by Crippen LogP contribution is 2.27. The molecule has 0 aromatic heterocycles. The monoisotopic (exact) mass is 275 g/mol. The Bertz CT molecular complexity index is 792. The van der Waals surface area contributed by atoms with Crippen molar-refractivity contribution in [2.75, 3.05) is 0 Å². The molecule has 1 atom stereocenters. The third kappa shape index (κ3) is 2.46. The highest BCUT2D eigenvalue weighted by Gasteiger charge is 2.22. The molecule has 1 N–H and O–H groups in total. The number of hydrogen-bond acceptors (Lipinski definition) is 5. The SMILES string of the molecule is N#Cc1ccc(Oc2ccc3c(c2)C(O)O[B]3)cc1C#N. The lowest BCUT2D eigenvalue weighted by atomic mass is 9.87. The first-order valence-electron chi connectivity index (χ1n) is 6.14. The van der Waals surface area contributed by atoms with Crippen LogP contribution < -0.4 is 10.2 Å². The Morgan fingerprint density at radius 1 is 1.05 bits per heavy atom. The Hall–Kier alpha value is -2.80. The van der Waals surface area contributed by atoms with E-state index in [1.54, 1.807) is 24.3 Å². The lowest BCUT2D eigenvalue weighted by Gasteiger charge is -2.09. The summed E-state index contributed by atoms with van der Waals surface area (Å²) in [5.74, 6) is 0.961. The maximum Gasteiger partial charge on any atom is 0.334 e. The fourth-order valence-corrected chi connectivity index (χ4v) is 2.06. The Kier molecular flexibility index (Phi) is 3.33. The summed E-state index contributed by atoms with van der Waals surface area (Å²) in [6.45, 7) is 0. The summed E-state index contributed by atoms with van der Waals surface area (Å²) in [7, 11) is 1.49. The van der Waals surface area contributed by atoms with Crippen molar-refractivity contribution < 1.29 is 14.5 Å². The van der Waals surface area contributed by atoms with Crippen LogP contribution in [0.25, 0.3) is 0 Å². The van der Waals surface area contributed by atoms with Crippen LogP contribution in [0.1, 0.15) is 23.0 Å². The summed E-state index contributed by atoms with van der Waals surface area (Å²) in [4.78, 5) is 0. The van der Waals surface area contributed by atoms with Crippen LogP contribution in [0.15, 0.2) is 36.4 Å². The molecule has 1 radical (unpaired) electrons. The predicted molar refractivity (Wildman–Crippen MR) is 73.8 cm³/mol. The molecule has 0 bridgehead atoms. The number of nitrogens with zero attached hydrogens (tertiary/aromatic N) is 2. The zero-order chi connectivity index (χ0) is 14.8. The fourth-order valence-electron chi connectivity index (χ4n) is 2.06. The van der Waals surface area contributed by atoms with E-state index in [9.17, 15) is 5.11 Å². The van der Waals surface area contributed by atoms with E-state index in [-0.39, 0.29) is 5.56 Å². The first-order valence-corrected chi connectivity index (χ1v) is 6.14. The van der Waals surface area contributed by atoms with E-state index in [4.69, 9.17) is 19.9 Å². The van der Waals surface area contributed by atoms with Gasteiger partial charge in [0.05, 0.1) is 11.1 Å². The molecule has 0 saturated carbocycles. The van der Waals surface area contributed by atoms with Gasteiger partial charge in [-0.15, -0.1) is 0 Å². The number of fused-ring (bicyclic) bond motifs is 1. The van der Waals surface area contributed by atoms with Gasteiger partial charge in [0.1, 0.15) is 23.6 Å². The molecule has 0 saturated heterocycles. The largest absolute Gasteiger partial charge is 0.457 e. The number of hydrogen-bond donors (Lipinski definition) is 1. The van der Waals surface area contributed by atoms with E-state index in [2.05, 4.69) is 0 Å². The lowest BCUT2D eigenvalue weighted by molar-refractivity contribution is -0.00804. The highest BCUT2D eigenvalue weighted by atomic mass is 16.6.